The van der Waals surface area contributed by atoms with E-state index >= 15 is 0 Å². The summed E-state index contributed by atoms with van der Waals surface area (Å²) in [6.45, 7) is 5.46. The van der Waals surface area contributed by atoms with Crippen molar-refractivity contribution < 1.29 is 4.79 Å². The van der Waals surface area contributed by atoms with E-state index in [0.29, 0.717) is 12.1 Å². The van der Waals surface area contributed by atoms with E-state index in [-0.39, 0.29) is 5.54 Å². The summed E-state index contributed by atoms with van der Waals surface area (Å²) in [4.78, 5) is 15.8. The summed E-state index contributed by atoms with van der Waals surface area (Å²) in [6.07, 6.45) is 3.21. The lowest BCUT2D eigenvalue weighted by atomic mass is 9.94. The van der Waals surface area contributed by atoms with Crippen molar-refractivity contribution in [1.82, 2.24) is 9.80 Å². The minimum Gasteiger partial charge on any atom is -0.327 e. The Bertz CT molecular complexity index is 237. The number of hydrogen-bond acceptors (Lipinski definition) is 2. The van der Waals surface area contributed by atoms with E-state index in [2.05, 4.69) is 25.8 Å². The maximum absolute atomic E-state index is 11.5. The number of fused-ring (bicyclic) bond motifs is 1. The minimum absolute atomic E-state index is 0.256. The number of nitrogens with zero attached hydrogens (tertiary/aromatic N) is 2. The zero-order valence-corrected chi connectivity index (χ0v) is 8.71. The molecule has 1 unspecified atom stereocenters. The molecule has 2 saturated heterocycles. The summed E-state index contributed by atoms with van der Waals surface area (Å²) in [6, 6.07) is 0. The number of carbonyl (C=O) groups excluding carboxylic acids is 1. The second kappa shape index (κ2) is 2.71. The normalized spacial score (nSPS) is 33.6. The van der Waals surface area contributed by atoms with Gasteiger partial charge in [0.15, 0.2) is 0 Å². The van der Waals surface area contributed by atoms with Gasteiger partial charge in [0.05, 0.1) is 6.17 Å². The Morgan fingerprint density at radius 1 is 1.46 bits per heavy atom. The van der Waals surface area contributed by atoms with E-state index in [1.807, 2.05) is 4.90 Å². The second-order valence-corrected chi connectivity index (χ2v) is 4.78. The van der Waals surface area contributed by atoms with Crippen molar-refractivity contribution in [1.29, 1.82) is 0 Å². The van der Waals surface area contributed by atoms with Gasteiger partial charge in [-0.25, -0.2) is 0 Å². The van der Waals surface area contributed by atoms with E-state index in [0.717, 1.165) is 25.8 Å². The summed E-state index contributed by atoms with van der Waals surface area (Å²) in [5, 5.41) is 0. The number of amides is 1. The molecule has 1 atom stereocenters. The molecule has 0 aliphatic carbocycles. The molecule has 13 heavy (non-hydrogen) atoms. The van der Waals surface area contributed by atoms with Gasteiger partial charge in [0.25, 0.3) is 0 Å². The lowest BCUT2D eigenvalue weighted by molar-refractivity contribution is -0.136. The highest BCUT2D eigenvalue weighted by Crippen LogP contribution is 2.33. The molecule has 0 aromatic carbocycles. The van der Waals surface area contributed by atoms with E-state index in [1.165, 1.54) is 0 Å². The Hall–Kier alpha value is -0.570. The molecule has 1 amide bonds. The number of hydrogen-bond donors (Lipinski definition) is 0. The van der Waals surface area contributed by atoms with Crippen LogP contribution >= 0.6 is 0 Å². The first kappa shape index (κ1) is 9.00. The molecule has 2 rings (SSSR count). The van der Waals surface area contributed by atoms with Crippen molar-refractivity contribution in [2.45, 2.75) is 44.8 Å². The first-order valence-electron chi connectivity index (χ1n) is 5.05. The van der Waals surface area contributed by atoms with Crippen molar-refractivity contribution in [3.8, 4) is 0 Å². The Morgan fingerprint density at radius 3 is 2.85 bits per heavy atom. The summed E-state index contributed by atoms with van der Waals surface area (Å²) < 4.78 is 0. The van der Waals surface area contributed by atoms with E-state index in [4.69, 9.17) is 0 Å². The molecule has 3 nitrogen and oxygen atoms in total. The Balaban J connectivity index is 2.19. The van der Waals surface area contributed by atoms with Gasteiger partial charge in [-0.1, -0.05) is 0 Å². The second-order valence-electron chi connectivity index (χ2n) is 4.78. The van der Waals surface area contributed by atoms with E-state index in [9.17, 15) is 4.79 Å². The monoisotopic (exact) mass is 182 g/mol. The van der Waals surface area contributed by atoms with Gasteiger partial charge in [0.1, 0.15) is 0 Å². The Kier molecular flexibility index (Phi) is 1.88. The summed E-state index contributed by atoms with van der Waals surface area (Å²) in [5.74, 6) is 0.340. The van der Waals surface area contributed by atoms with Gasteiger partial charge in [-0.05, 0) is 33.7 Å². The first-order valence-corrected chi connectivity index (χ1v) is 5.05. The predicted molar refractivity (Wildman–Crippen MR) is 51.2 cm³/mol. The molecular formula is C10H18N2O. The first-order chi connectivity index (χ1) is 6.02. The average Bonchev–Trinajstić information content (AvgIpc) is 2.41. The third kappa shape index (κ3) is 1.26. The summed E-state index contributed by atoms with van der Waals surface area (Å²) in [7, 11) is 2.13. The number of carbonyl (C=O) groups is 1. The zero-order valence-electron chi connectivity index (χ0n) is 8.71. The van der Waals surface area contributed by atoms with Crippen LogP contribution in [-0.4, -0.2) is 41.0 Å². The van der Waals surface area contributed by atoms with Crippen molar-refractivity contribution >= 4 is 5.91 Å². The van der Waals surface area contributed by atoms with Crippen molar-refractivity contribution in [2.24, 2.45) is 0 Å². The zero-order chi connectivity index (χ0) is 9.64. The van der Waals surface area contributed by atoms with Crippen LogP contribution in [0.15, 0.2) is 0 Å². The third-order valence-corrected chi connectivity index (χ3v) is 3.66. The highest BCUT2D eigenvalue weighted by atomic mass is 16.2. The molecule has 0 saturated carbocycles. The highest BCUT2D eigenvalue weighted by molar-refractivity contribution is 5.78. The Labute approximate surface area is 79.7 Å². The SMILES string of the molecule is CN1C2CCC(=O)N2CCC1(C)C. The van der Waals surface area contributed by atoms with Crippen molar-refractivity contribution in [3.05, 3.63) is 0 Å². The maximum Gasteiger partial charge on any atom is 0.223 e. The molecular weight excluding hydrogens is 164 g/mol. The highest BCUT2D eigenvalue weighted by Gasteiger charge is 2.43. The molecule has 0 bridgehead atoms. The predicted octanol–water partition coefficient (Wildman–Crippen LogP) is 1.05. The summed E-state index contributed by atoms with van der Waals surface area (Å²) in [5.41, 5.74) is 0.256. The van der Waals surface area contributed by atoms with Crippen LogP contribution in [0.2, 0.25) is 0 Å². The van der Waals surface area contributed by atoms with Crippen LogP contribution in [-0.2, 0) is 4.79 Å². The standard InChI is InChI=1S/C10H18N2O/c1-10(2)6-7-12-8(11(10)3)4-5-9(12)13/h8H,4-7H2,1-3H3. The molecule has 0 N–H and O–H groups in total. The van der Waals surface area contributed by atoms with Crippen LogP contribution in [0.25, 0.3) is 0 Å². The average molecular weight is 182 g/mol. The van der Waals surface area contributed by atoms with Gasteiger partial charge in [-0.15, -0.1) is 0 Å². The van der Waals surface area contributed by atoms with Gasteiger partial charge < -0.3 is 4.90 Å². The molecule has 2 fully saturated rings. The lowest BCUT2D eigenvalue weighted by Crippen LogP contribution is -2.59. The van der Waals surface area contributed by atoms with Gasteiger partial charge in [0, 0.05) is 18.5 Å². The molecule has 3 heteroatoms. The van der Waals surface area contributed by atoms with Crippen LogP contribution in [0.3, 0.4) is 0 Å². The van der Waals surface area contributed by atoms with Crippen LogP contribution in [0.1, 0.15) is 33.1 Å². The maximum atomic E-state index is 11.5. The fourth-order valence-electron chi connectivity index (χ4n) is 2.37. The molecule has 74 valence electrons. The van der Waals surface area contributed by atoms with Gasteiger partial charge >= 0.3 is 0 Å². The van der Waals surface area contributed by atoms with Crippen LogP contribution in [0.4, 0.5) is 0 Å². The van der Waals surface area contributed by atoms with Crippen molar-refractivity contribution in [2.75, 3.05) is 13.6 Å². The van der Waals surface area contributed by atoms with Crippen LogP contribution in [0, 0.1) is 0 Å². The topological polar surface area (TPSA) is 23.6 Å². The van der Waals surface area contributed by atoms with Gasteiger partial charge in [0.2, 0.25) is 5.91 Å². The molecule has 2 aliphatic rings. The lowest BCUT2D eigenvalue weighted by Gasteiger charge is -2.48. The molecule has 0 spiro atoms. The molecule has 2 aliphatic heterocycles. The molecule has 0 aromatic rings. The smallest absolute Gasteiger partial charge is 0.223 e. The summed E-state index contributed by atoms with van der Waals surface area (Å²) >= 11 is 0. The largest absolute Gasteiger partial charge is 0.327 e. The van der Waals surface area contributed by atoms with Gasteiger partial charge in [-0.2, -0.15) is 0 Å². The van der Waals surface area contributed by atoms with Crippen LogP contribution in [0.5, 0.6) is 0 Å². The van der Waals surface area contributed by atoms with E-state index < -0.39 is 0 Å². The third-order valence-electron chi connectivity index (χ3n) is 3.66. The van der Waals surface area contributed by atoms with Crippen molar-refractivity contribution in [3.63, 3.8) is 0 Å². The fraction of sp³-hybridized carbons (Fsp3) is 0.900. The number of rotatable bonds is 0. The minimum atomic E-state index is 0.256. The molecule has 0 aromatic heterocycles. The quantitative estimate of drug-likeness (QED) is 0.559. The van der Waals surface area contributed by atoms with Gasteiger partial charge in [-0.3, -0.25) is 9.69 Å². The molecule has 2 heterocycles. The van der Waals surface area contributed by atoms with Crippen LogP contribution < -0.4 is 0 Å². The Morgan fingerprint density at radius 2 is 2.15 bits per heavy atom. The molecule has 0 radical (unpaired) electrons. The van der Waals surface area contributed by atoms with E-state index in [1.54, 1.807) is 0 Å². The fourth-order valence-corrected chi connectivity index (χ4v) is 2.37.